The molecular weight excluding hydrogens is 528 g/mol. The van der Waals surface area contributed by atoms with Crippen LogP contribution in [0.2, 0.25) is 5.02 Å². The van der Waals surface area contributed by atoms with E-state index in [0.717, 1.165) is 21.9 Å². The van der Waals surface area contributed by atoms with Gasteiger partial charge in [-0.3, -0.25) is 9.10 Å². The zero-order chi connectivity index (χ0) is 24.0. The van der Waals surface area contributed by atoms with Crippen molar-refractivity contribution in [2.24, 2.45) is 0 Å². The second-order valence-electron chi connectivity index (χ2n) is 7.52. The Morgan fingerprint density at radius 1 is 1.09 bits per heavy atom. The van der Waals surface area contributed by atoms with E-state index < -0.39 is 10.0 Å². The molecule has 0 saturated heterocycles. The molecule has 3 aromatic carbocycles. The number of anilines is 1. The Morgan fingerprint density at radius 2 is 1.76 bits per heavy atom. The van der Waals surface area contributed by atoms with Gasteiger partial charge in [-0.25, -0.2) is 8.42 Å². The minimum Gasteiger partial charge on any atom is -0.484 e. The summed E-state index contributed by atoms with van der Waals surface area (Å²) in [7, 11) is -3.52. The predicted molar refractivity (Wildman–Crippen MR) is 135 cm³/mol. The van der Waals surface area contributed by atoms with Gasteiger partial charge in [-0.15, -0.1) is 0 Å². The molecule has 0 aliphatic rings. The van der Waals surface area contributed by atoms with Crippen molar-refractivity contribution in [3.05, 3.63) is 93.4 Å². The molecule has 0 spiro atoms. The number of nitrogens with zero attached hydrogens (tertiary/aromatic N) is 1. The van der Waals surface area contributed by atoms with E-state index in [1.807, 2.05) is 31.2 Å². The lowest BCUT2D eigenvalue weighted by atomic mass is 10.1. The Balaban J connectivity index is 1.61. The summed E-state index contributed by atoms with van der Waals surface area (Å²) in [6.07, 6.45) is 1.16. The molecule has 6 nitrogen and oxygen atoms in total. The fraction of sp³-hybridized carbons (Fsp3) is 0.208. The fourth-order valence-corrected chi connectivity index (χ4v) is 4.59. The van der Waals surface area contributed by atoms with E-state index in [0.29, 0.717) is 16.5 Å². The smallest absolute Gasteiger partial charge is 0.258 e. The molecule has 3 aromatic rings. The number of nitrogens with one attached hydrogen (secondary N) is 1. The van der Waals surface area contributed by atoms with Crippen molar-refractivity contribution < 1.29 is 17.9 Å². The second kappa shape index (κ2) is 11.0. The fourth-order valence-electron chi connectivity index (χ4n) is 3.16. The van der Waals surface area contributed by atoms with Crippen molar-refractivity contribution >= 4 is 49.1 Å². The van der Waals surface area contributed by atoms with E-state index in [4.69, 9.17) is 16.3 Å². The summed E-state index contributed by atoms with van der Waals surface area (Å²) >= 11 is 9.34. The number of rotatable bonds is 9. The van der Waals surface area contributed by atoms with E-state index in [-0.39, 0.29) is 25.1 Å². The Labute approximate surface area is 207 Å². The largest absolute Gasteiger partial charge is 0.484 e. The average molecular weight is 552 g/mol. The molecule has 1 atom stereocenters. The van der Waals surface area contributed by atoms with Crippen LogP contribution in [0.4, 0.5) is 5.69 Å². The van der Waals surface area contributed by atoms with Gasteiger partial charge >= 0.3 is 0 Å². The van der Waals surface area contributed by atoms with Crippen LogP contribution in [0.25, 0.3) is 0 Å². The molecule has 0 fully saturated rings. The van der Waals surface area contributed by atoms with Crippen LogP contribution >= 0.6 is 27.5 Å². The Morgan fingerprint density at radius 3 is 2.36 bits per heavy atom. The molecule has 0 bridgehead atoms. The van der Waals surface area contributed by atoms with Crippen molar-refractivity contribution in [1.29, 1.82) is 0 Å². The second-order valence-corrected chi connectivity index (χ2v) is 10.8. The van der Waals surface area contributed by atoms with Crippen LogP contribution in [0.1, 0.15) is 24.1 Å². The summed E-state index contributed by atoms with van der Waals surface area (Å²) in [5, 5.41) is 3.48. The van der Waals surface area contributed by atoms with Crippen LogP contribution in [-0.2, 0) is 21.4 Å². The Hall–Kier alpha value is -2.55. The minimum absolute atomic E-state index is 0.155. The number of hydrogen-bond acceptors (Lipinski definition) is 4. The monoisotopic (exact) mass is 550 g/mol. The molecule has 0 saturated carbocycles. The maximum Gasteiger partial charge on any atom is 0.258 e. The zero-order valence-electron chi connectivity index (χ0n) is 18.2. The van der Waals surface area contributed by atoms with Gasteiger partial charge in [0.05, 0.1) is 24.5 Å². The third kappa shape index (κ3) is 7.48. The molecular formula is C24H24BrClN2O4S. The van der Waals surface area contributed by atoms with Gasteiger partial charge in [-0.05, 0) is 66.6 Å². The van der Waals surface area contributed by atoms with Crippen LogP contribution in [0.15, 0.2) is 77.3 Å². The lowest BCUT2D eigenvalue weighted by molar-refractivity contribution is -0.123. The number of benzene rings is 3. The van der Waals surface area contributed by atoms with Gasteiger partial charge in [-0.2, -0.15) is 0 Å². The predicted octanol–water partition coefficient (Wildman–Crippen LogP) is 5.32. The third-order valence-corrected chi connectivity index (χ3v) is 6.75. The first-order chi connectivity index (χ1) is 15.6. The van der Waals surface area contributed by atoms with Gasteiger partial charge in [0, 0.05) is 9.50 Å². The summed E-state index contributed by atoms with van der Waals surface area (Å²) < 4.78 is 32.5. The van der Waals surface area contributed by atoms with Gasteiger partial charge in [0.15, 0.2) is 6.61 Å². The number of carbonyl (C=O) groups is 1. The number of halogens is 2. The van der Waals surface area contributed by atoms with Crippen LogP contribution in [-0.4, -0.2) is 27.2 Å². The maximum atomic E-state index is 12.4. The first-order valence-corrected chi connectivity index (χ1v) is 13.1. The summed E-state index contributed by atoms with van der Waals surface area (Å²) in [6, 6.07) is 21.1. The number of sulfonamides is 1. The molecule has 0 radical (unpaired) electrons. The van der Waals surface area contributed by atoms with Crippen molar-refractivity contribution in [2.45, 2.75) is 19.5 Å². The Kier molecular flexibility index (Phi) is 8.40. The molecule has 0 aliphatic heterocycles. The standard InChI is InChI=1S/C24H24BrClN2O4S/c1-17(19-4-3-5-20(25)14-19)27-24(29)16-32-23-12-10-22(11-13-23)28(33(2,30)31)15-18-6-8-21(26)9-7-18/h3-14,17H,15-16H2,1-2H3,(H,27,29)/t17-/m0/s1. The van der Waals surface area contributed by atoms with Gasteiger partial charge in [0.1, 0.15) is 5.75 Å². The number of carbonyl (C=O) groups excluding carboxylic acids is 1. The van der Waals surface area contributed by atoms with Gasteiger partial charge in [0.2, 0.25) is 10.0 Å². The summed E-state index contributed by atoms with van der Waals surface area (Å²) in [5.41, 5.74) is 2.28. The van der Waals surface area contributed by atoms with Crippen molar-refractivity contribution in [2.75, 3.05) is 17.2 Å². The molecule has 9 heteroatoms. The SMILES string of the molecule is C[C@H](NC(=O)COc1ccc(N(Cc2ccc(Cl)cc2)S(C)(=O)=O)cc1)c1cccc(Br)c1. The average Bonchev–Trinajstić information content (AvgIpc) is 2.77. The highest BCUT2D eigenvalue weighted by Gasteiger charge is 2.18. The number of amides is 1. The molecule has 174 valence electrons. The Bertz CT molecular complexity index is 1200. The first-order valence-electron chi connectivity index (χ1n) is 10.1. The summed E-state index contributed by atoms with van der Waals surface area (Å²) in [5.74, 6) is 0.205. The molecule has 0 heterocycles. The third-order valence-electron chi connectivity index (χ3n) is 4.86. The van der Waals surface area contributed by atoms with Crippen molar-refractivity contribution in [3.8, 4) is 5.75 Å². The van der Waals surface area contributed by atoms with Crippen molar-refractivity contribution in [3.63, 3.8) is 0 Å². The van der Waals surface area contributed by atoms with Gasteiger partial charge < -0.3 is 10.1 Å². The van der Waals surface area contributed by atoms with E-state index in [1.165, 1.54) is 4.31 Å². The molecule has 0 aliphatic carbocycles. The molecule has 33 heavy (non-hydrogen) atoms. The molecule has 0 aromatic heterocycles. The molecule has 1 amide bonds. The number of ether oxygens (including phenoxy) is 1. The van der Waals surface area contributed by atoms with Gasteiger partial charge in [0.25, 0.3) is 5.91 Å². The van der Waals surface area contributed by atoms with Crippen molar-refractivity contribution in [1.82, 2.24) is 5.32 Å². The van der Waals surface area contributed by atoms with Crippen LogP contribution in [0, 0.1) is 0 Å². The van der Waals surface area contributed by atoms with E-state index in [9.17, 15) is 13.2 Å². The topological polar surface area (TPSA) is 75.7 Å². The lowest BCUT2D eigenvalue weighted by Gasteiger charge is -2.23. The molecule has 1 N–H and O–H groups in total. The van der Waals surface area contributed by atoms with Crippen LogP contribution in [0.3, 0.4) is 0 Å². The summed E-state index contributed by atoms with van der Waals surface area (Å²) in [6.45, 7) is 1.92. The van der Waals surface area contributed by atoms with Crippen LogP contribution in [0.5, 0.6) is 5.75 Å². The zero-order valence-corrected chi connectivity index (χ0v) is 21.3. The summed E-state index contributed by atoms with van der Waals surface area (Å²) in [4.78, 5) is 12.3. The maximum absolute atomic E-state index is 12.4. The molecule has 3 rings (SSSR count). The van der Waals surface area contributed by atoms with E-state index in [1.54, 1.807) is 48.5 Å². The highest BCUT2D eigenvalue weighted by molar-refractivity contribution is 9.10. The normalized spacial score (nSPS) is 12.1. The van der Waals surface area contributed by atoms with Crippen LogP contribution < -0.4 is 14.4 Å². The van der Waals surface area contributed by atoms with Gasteiger partial charge in [-0.1, -0.05) is 51.8 Å². The van der Waals surface area contributed by atoms with E-state index >= 15 is 0 Å². The number of hydrogen-bond donors (Lipinski definition) is 1. The lowest BCUT2D eigenvalue weighted by Crippen LogP contribution is -2.31. The molecule has 0 unspecified atom stereocenters. The quantitative estimate of drug-likeness (QED) is 0.390. The minimum atomic E-state index is -3.52. The highest BCUT2D eigenvalue weighted by atomic mass is 79.9. The van der Waals surface area contributed by atoms with E-state index in [2.05, 4.69) is 21.2 Å². The highest BCUT2D eigenvalue weighted by Crippen LogP contribution is 2.24. The first kappa shape index (κ1) is 25.1.